The highest BCUT2D eigenvalue weighted by Gasteiger charge is 2.30. The first-order valence-corrected chi connectivity index (χ1v) is 5.69. The van der Waals surface area contributed by atoms with E-state index in [-0.39, 0.29) is 0 Å². The molecule has 0 aromatic carbocycles. The molecule has 1 aromatic heterocycles. The fourth-order valence-electron chi connectivity index (χ4n) is 2.79. The fraction of sp³-hybridized carbons (Fsp3) is 0.667. The summed E-state index contributed by atoms with van der Waals surface area (Å²) in [6.45, 7) is 8.03. The SMILES string of the molecule is CC[C@@H]1c2cc[nH]c2C[C@H](C)N1CC. The maximum Gasteiger partial charge on any atom is 0.0366 e. The summed E-state index contributed by atoms with van der Waals surface area (Å²) in [7, 11) is 0. The van der Waals surface area contributed by atoms with E-state index in [4.69, 9.17) is 0 Å². The molecule has 14 heavy (non-hydrogen) atoms. The number of nitrogens with one attached hydrogen (secondary N) is 1. The lowest BCUT2D eigenvalue weighted by Gasteiger charge is -2.39. The summed E-state index contributed by atoms with van der Waals surface area (Å²) in [5.41, 5.74) is 2.97. The number of hydrogen-bond donors (Lipinski definition) is 1. The van der Waals surface area contributed by atoms with Gasteiger partial charge in [0.15, 0.2) is 0 Å². The second-order valence-corrected chi connectivity index (χ2v) is 4.22. The molecule has 0 bridgehead atoms. The van der Waals surface area contributed by atoms with Crippen molar-refractivity contribution in [2.24, 2.45) is 0 Å². The molecule has 0 fully saturated rings. The maximum absolute atomic E-state index is 3.37. The first-order valence-electron chi connectivity index (χ1n) is 5.69. The molecule has 2 atom stereocenters. The molecule has 0 saturated heterocycles. The average Bonchev–Trinajstić information content (AvgIpc) is 2.62. The molecule has 0 radical (unpaired) electrons. The Kier molecular flexibility index (Phi) is 2.64. The Morgan fingerprint density at radius 3 is 2.93 bits per heavy atom. The van der Waals surface area contributed by atoms with Crippen LogP contribution in [0, 0.1) is 0 Å². The summed E-state index contributed by atoms with van der Waals surface area (Å²) in [6, 6.07) is 3.55. The highest BCUT2D eigenvalue weighted by molar-refractivity contribution is 5.28. The lowest BCUT2D eigenvalue weighted by molar-refractivity contribution is 0.131. The Morgan fingerprint density at radius 2 is 2.29 bits per heavy atom. The molecule has 1 aromatic rings. The zero-order chi connectivity index (χ0) is 10.1. The van der Waals surface area contributed by atoms with Crippen molar-refractivity contribution >= 4 is 0 Å². The Balaban J connectivity index is 2.35. The summed E-state index contributed by atoms with van der Waals surface area (Å²) in [5.74, 6) is 0. The van der Waals surface area contributed by atoms with Gasteiger partial charge in [-0.3, -0.25) is 4.90 Å². The lowest BCUT2D eigenvalue weighted by atomic mass is 9.92. The zero-order valence-corrected chi connectivity index (χ0v) is 9.38. The monoisotopic (exact) mass is 192 g/mol. The Bertz CT molecular complexity index is 303. The van der Waals surface area contributed by atoms with Crippen LogP contribution in [0.3, 0.4) is 0 Å². The predicted octanol–water partition coefficient (Wildman–Crippen LogP) is 2.73. The number of likely N-dealkylation sites (N-methyl/N-ethyl adjacent to an activating group) is 1. The smallest absolute Gasteiger partial charge is 0.0366 e. The number of rotatable bonds is 2. The molecule has 0 amide bonds. The summed E-state index contributed by atoms with van der Waals surface area (Å²) in [6.07, 6.45) is 4.47. The lowest BCUT2D eigenvalue weighted by Crippen LogP contribution is -2.41. The first-order chi connectivity index (χ1) is 6.77. The van der Waals surface area contributed by atoms with E-state index in [1.165, 1.54) is 24.1 Å². The van der Waals surface area contributed by atoms with Crippen LogP contribution in [-0.4, -0.2) is 22.5 Å². The minimum Gasteiger partial charge on any atom is -0.365 e. The third kappa shape index (κ3) is 1.38. The van der Waals surface area contributed by atoms with Crippen molar-refractivity contribution in [3.63, 3.8) is 0 Å². The van der Waals surface area contributed by atoms with Crippen molar-refractivity contribution in [1.29, 1.82) is 0 Å². The molecule has 1 aliphatic rings. The number of hydrogen-bond acceptors (Lipinski definition) is 1. The molecular formula is C12H20N2. The number of aromatic amines is 1. The molecule has 2 rings (SSSR count). The minimum atomic E-state index is 0.630. The van der Waals surface area contributed by atoms with Crippen LogP contribution in [0.15, 0.2) is 12.3 Å². The average molecular weight is 192 g/mol. The molecule has 2 heterocycles. The van der Waals surface area contributed by atoms with Gasteiger partial charge in [-0.2, -0.15) is 0 Å². The van der Waals surface area contributed by atoms with Crippen LogP contribution in [-0.2, 0) is 6.42 Å². The molecule has 2 heteroatoms. The number of H-pyrrole nitrogens is 1. The molecule has 0 saturated carbocycles. The Hall–Kier alpha value is -0.760. The highest BCUT2D eigenvalue weighted by Crippen LogP contribution is 2.34. The number of fused-ring (bicyclic) bond motifs is 1. The van der Waals surface area contributed by atoms with E-state index in [0.717, 1.165) is 6.54 Å². The second-order valence-electron chi connectivity index (χ2n) is 4.22. The quantitative estimate of drug-likeness (QED) is 0.763. The van der Waals surface area contributed by atoms with E-state index < -0.39 is 0 Å². The largest absolute Gasteiger partial charge is 0.365 e. The molecular weight excluding hydrogens is 172 g/mol. The normalized spacial score (nSPS) is 27.6. The van der Waals surface area contributed by atoms with Crippen LogP contribution in [0.1, 0.15) is 44.5 Å². The van der Waals surface area contributed by atoms with E-state index >= 15 is 0 Å². The molecule has 0 aliphatic carbocycles. The van der Waals surface area contributed by atoms with E-state index in [2.05, 4.69) is 42.9 Å². The van der Waals surface area contributed by atoms with Crippen molar-refractivity contribution in [2.45, 2.75) is 45.7 Å². The number of nitrogens with zero attached hydrogens (tertiary/aromatic N) is 1. The van der Waals surface area contributed by atoms with E-state index in [0.29, 0.717) is 12.1 Å². The summed E-state index contributed by atoms with van der Waals surface area (Å²) < 4.78 is 0. The van der Waals surface area contributed by atoms with Gasteiger partial charge in [-0.25, -0.2) is 0 Å². The Morgan fingerprint density at radius 1 is 1.50 bits per heavy atom. The third-order valence-corrected chi connectivity index (χ3v) is 3.45. The zero-order valence-electron chi connectivity index (χ0n) is 9.38. The highest BCUT2D eigenvalue weighted by atomic mass is 15.2. The van der Waals surface area contributed by atoms with Crippen LogP contribution in [0.5, 0.6) is 0 Å². The predicted molar refractivity (Wildman–Crippen MR) is 59.4 cm³/mol. The molecule has 1 N–H and O–H groups in total. The minimum absolute atomic E-state index is 0.630. The van der Waals surface area contributed by atoms with Gasteiger partial charge < -0.3 is 4.98 Å². The van der Waals surface area contributed by atoms with Crippen LogP contribution in [0.25, 0.3) is 0 Å². The molecule has 2 nitrogen and oxygen atoms in total. The van der Waals surface area contributed by atoms with Gasteiger partial charge in [0.2, 0.25) is 0 Å². The van der Waals surface area contributed by atoms with Gasteiger partial charge in [-0.1, -0.05) is 13.8 Å². The standard InChI is InChI=1S/C12H20N2/c1-4-12-10-6-7-13-11(10)8-9(3)14(12)5-2/h6-7,9,12-13H,4-5,8H2,1-3H3/t9-,12+/m0/s1. The molecule has 0 spiro atoms. The second kappa shape index (κ2) is 3.77. The van der Waals surface area contributed by atoms with E-state index in [1.54, 1.807) is 0 Å². The first kappa shape index (κ1) is 9.78. The molecule has 0 unspecified atom stereocenters. The summed E-state index contributed by atoms with van der Waals surface area (Å²) >= 11 is 0. The molecule has 1 aliphatic heterocycles. The van der Waals surface area contributed by atoms with Gasteiger partial charge in [0, 0.05) is 30.4 Å². The maximum atomic E-state index is 3.37. The van der Waals surface area contributed by atoms with Crippen molar-refractivity contribution in [1.82, 2.24) is 9.88 Å². The van der Waals surface area contributed by atoms with Crippen LogP contribution < -0.4 is 0 Å². The topological polar surface area (TPSA) is 19.0 Å². The van der Waals surface area contributed by atoms with Gasteiger partial charge in [0.1, 0.15) is 0 Å². The third-order valence-electron chi connectivity index (χ3n) is 3.45. The van der Waals surface area contributed by atoms with Crippen molar-refractivity contribution in [3.8, 4) is 0 Å². The van der Waals surface area contributed by atoms with Crippen molar-refractivity contribution in [3.05, 3.63) is 23.5 Å². The van der Waals surface area contributed by atoms with Crippen LogP contribution in [0.2, 0.25) is 0 Å². The fourth-order valence-corrected chi connectivity index (χ4v) is 2.79. The molecule has 78 valence electrons. The van der Waals surface area contributed by atoms with Crippen LogP contribution >= 0.6 is 0 Å². The van der Waals surface area contributed by atoms with Gasteiger partial charge in [0.25, 0.3) is 0 Å². The summed E-state index contributed by atoms with van der Waals surface area (Å²) in [4.78, 5) is 5.98. The van der Waals surface area contributed by atoms with Gasteiger partial charge in [-0.15, -0.1) is 0 Å². The Labute approximate surface area is 86.3 Å². The van der Waals surface area contributed by atoms with Gasteiger partial charge in [-0.05, 0) is 31.5 Å². The van der Waals surface area contributed by atoms with Crippen molar-refractivity contribution in [2.75, 3.05) is 6.54 Å². The van der Waals surface area contributed by atoms with Crippen LogP contribution in [0.4, 0.5) is 0 Å². The summed E-state index contributed by atoms with van der Waals surface area (Å²) in [5, 5.41) is 0. The van der Waals surface area contributed by atoms with E-state index in [1.807, 2.05) is 0 Å². The van der Waals surface area contributed by atoms with Gasteiger partial charge >= 0.3 is 0 Å². The van der Waals surface area contributed by atoms with Crippen molar-refractivity contribution < 1.29 is 0 Å². The van der Waals surface area contributed by atoms with E-state index in [9.17, 15) is 0 Å². The number of aromatic nitrogens is 1. The van der Waals surface area contributed by atoms with Gasteiger partial charge in [0.05, 0.1) is 0 Å².